The van der Waals surface area contributed by atoms with Crippen molar-refractivity contribution in [3.8, 4) is 11.8 Å². The number of anilines is 1. The highest BCUT2D eigenvalue weighted by Crippen LogP contribution is 2.22. The van der Waals surface area contributed by atoms with Gasteiger partial charge in [-0.25, -0.2) is 0 Å². The molecule has 0 spiro atoms. The van der Waals surface area contributed by atoms with Crippen molar-refractivity contribution >= 4 is 23.2 Å². The largest absolute Gasteiger partial charge is 0.384 e. The van der Waals surface area contributed by atoms with Crippen LogP contribution in [0.5, 0.6) is 0 Å². The Bertz CT molecular complexity index is 529. The zero-order valence-corrected chi connectivity index (χ0v) is 11.8. The number of hydrogen-bond donors (Lipinski definition) is 2. The topological polar surface area (TPSA) is 58.6 Å². The van der Waals surface area contributed by atoms with Crippen molar-refractivity contribution in [2.75, 3.05) is 19.0 Å². The molecule has 0 fully saturated rings. The number of hydrogen-bond acceptors (Lipinski definition) is 3. The van der Waals surface area contributed by atoms with Crippen molar-refractivity contribution in [1.29, 1.82) is 0 Å². The second kappa shape index (κ2) is 6.58. The maximum absolute atomic E-state index is 12.0. The van der Waals surface area contributed by atoms with Gasteiger partial charge < -0.3 is 15.2 Å². The first-order chi connectivity index (χ1) is 8.90. The molecule has 0 aliphatic carbocycles. The first-order valence-electron chi connectivity index (χ1n) is 5.66. The molecule has 0 radical (unpaired) electrons. The third-order valence-corrected chi connectivity index (χ3v) is 2.82. The number of methoxy groups -OCH3 is 1. The van der Waals surface area contributed by atoms with E-state index in [0.717, 1.165) is 0 Å². The van der Waals surface area contributed by atoms with Crippen LogP contribution in [0.2, 0.25) is 5.02 Å². The summed E-state index contributed by atoms with van der Waals surface area (Å²) in [5.41, 5.74) is 0.117. The van der Waals surface area contributed by atoms with E-state index in [-0.39, 0.29) is 12.5 Å². The van der Waals surface area contributed by atoms with Crippen molar-refractivity contribution in [3.63, 3.8) is 0 Å². The van der Waals surface area contributed by atoms with Gasteiger partial charge in [0.2, 0.25) is 0 Å². The van der Waals surface area contributed by atoms with Gasteiger partial charge in [-0.05, 0) is 32.0 Å². The molecule has 19 heavy (non-hydrogen) atoms. The van der Waals surface area contributed by atoms with Gasteiger partial charge in [0.15, 0.2) is 0 Å². The highest BCUT2D eigenvalue weighted by Gasteiger charge is 2.27. The van der Waals surface area contributed by atoms with Crippen LogP contribution in [0.3, 0.4) is 0 Å². The van der Waals surface area contributed by atoms with Crippen molar-refractivity contribution < 1.29 is 14.6 Å². The van der Waals surface area contributed by atoms with Gasteiger partial charge >= 0.3 is 0 Å². The molecule has 0 aliphatic rings. The van der Waals surface area contributed by atoms with Crippen LogP contribution in [0.25, 0.3) is 0 Å². The van der Waals surface area contributed by atoms with Gasteiger partial charge in [-0.15, -0.1) is 0 Å². The second-order valence-electron chi connectivity index (χ2n) is 4.32. The minimum atomic E-state index is -0.954. The zero-order valence-electron chi connectivity index (χ0n) is 11.1. The van der Waals surface area contributed by atoms with E-state index < -0.39 is 5.60 Å². The Morgan fingerprint density at radius 1 is 1.53 bits per heavy atom. The van der Waals surface area contributed by atoms with Gasteiger partial charge in [-0.1, -0.05) is 23.4 Å². The molecule has 0 unspecified atom stereocenters. The van der Waals surface area contributed by atoms with E-state index in [9.17, 15) is 4.79 Å². The number of amides is 1. The number of rotatable bonds is 3. The number of carbonyl (C=O) groups is 1. The Morgan fingerprint density at radius 3 is 2.79 bits per heavy atom. The van der Waals surface area contributed by atoms with Gasteiger partial charge in [0, 0.05) is 17.7 Å². The molecule has 0 saturated carbocycles. The van der Waals surface area contributed by atoms with E-state index in [1.54, 1.807) is 32.0 Å². The third-order valence-electron chi connectivity index (χ3n) is 2.59. The average Bonchev–Trinajstić information content (AvgIpc) is 2.37. The summed E-state index contributed by atoms with van der Waals surface area (Å²) in [6, 6.07) is 4.95. The maximum Gasteiger partial charge on any atom is 0.256 e. The summed E-state index contributed by atoms with van der Waals surface area (Å²) in [7, 11) is 1.46. The fourth-order valence-electron chi connectivity index (χ4n) is 1.23. The number of ether oxygens (including phenoxy) is 1. The lowest BCUT2D eigenvalue weighted by atomic mass is 10.1. The van der Waals surface area contributed by atoms with Crippen molar-refractivity contribution in [2.45, 2.75) is 19.4 Å². The molecule has 1 aromatic rings. The van der Waals surface area contributed by atoms with Gasteiger partial charge in [0.1, 0.15) is 12.2 Å². The van der Waals surface area contributed by atoms with Crippen LogP contribution in [0.4, 0.5) is 5.69 Å². The number of nitrogens with one attached hydrogen (secondary N) is 1. The molecule has 5 heteroatoms. The van der Waals surface area contributed by atoms with Crippen LogP contribution in [0, 0.1) is 11.8 Å². The molecule has 1 rings (SSSR count). The molecular weight excluding hydrogens is 266 g/mol. The van der Waals surface area contributed by atoms with Crippen LogP contribution in [0.1, 0.15) is 19.4 Å². The van der Waals surface area contributed by atoms with Gasteiger partial charge in [-0.2, -0.15) is 0 Å². The van der Waals surface area contributed by atoms with Crippen LogP contribution in [-0.2, 0) is 9.53 Å². The van der Waals surface area contributed by atoms with E-state index in [1.807, 2.05) is 0 Å². The fraction of sp³-hybridized carbons (Fsp3) is 0.357. The normalized spacial score (nSPS) is 10.6. The quantitative estimate of drug-likeness (QED) is 0.834. The van der Waals surface area contributed by atoms with E-state index in [4.69, 9.17) is 21.4 Å². The van der Waals surface area contributed by atoms with E-state index in [1.165, 1.54) is 7.11 Å². The molecule has 1 aromatic carbocycles. The summed E-state index contributed by atoms with van der Waals surface area (Å²) in [5, 5.41) is 11.9. The molecule has 1 amide bonds. The zero-order chi connectivity index (χ0) is 14.5. The summed E-state index contributed by atoms with van der Waals surface area (Å²) in [6.45, 7) is 3.07. The molecule has 4 nitrogen and oxygen atoms in total. The van der Waals surface area contributed by atoms with Gasteiger partial charge in [0.25, 0.3) is 5.91 Å². The van der Waals surface area contributed by atoms with Crippen LogP contribution in [0.15, 0.2) is 18.2 Å². The molecule has 0 heterocycles. The smallest absolute Gasteiger partial charge is 0.256 e. The number of benzene rings is 1. The summed E-state index contributed by atoms with van der Waals surface area (Å²) >= 11 is 5.90. The van der Waals surface area contributed by atoms with Gasteiger partial charge in [-0.3, -0.25) is 4.79 Å². The number of aliphatic hydroxyl groups is 1. The molecule has 0 aromatic heterocycles. The van der Waals surface area contributed by atoms with Crippen LogP contribution >= 0.6 is 11.6 Å². The minimum Gasteiger partial charge on any atom is -0.384 e. The standard InChI is InChI=1S/C14H16ClNO3/c1-14(2,19-3)13(18)16-12-9-11(15)7-6-10(12)5-4-8-17/h6-7,9,17H,8H2,1-3H3,(H,16,18). The first-order valence-corrected chi connectivity index (χ1v) is 6.04. The predicted molar refractivity (Wildman–Crippen MR) is 75.1 cm³/mol. The molecular formula is C14H16ClNO3. The van der Waals surface area contributed by atoms with E-state index in [2.05, 4.69) is 17.2 Å². The first kappa shape index (κ1) is 15.5. The summed E-state index contributed by atoms with van der Waals surface area (Å²) < 4.78 is 5.10. The monoisotopic (exact) mass is 281 g/mol. The third kappa shape index (κ3) is 4.25. The molecule has 2 N–H and O–H groups in total. The SMILES string of the molecule is COC(C)(C)C(=O)Nc1cc(Cl)ccc1C#CCO. The average molecular weight is 282 g/mol. The van der Waals surface area contributed by atoms with Crippen molar-refractivity contribution in [1.82, 2.24) is 0 Å². The number of carbonyl (C=O) groups excluding carboxylic acids is 1. The lowest BCUT2D eigenvalue weighted by molar-refractivity contribution is -0.133. The fourth-order valence-corrected chi connectivity index (χ4v) is 1.40. The van der Waals surface area contributed by atoms with Crippen molar-refractivity contribution in [2.24, 2.45) is 0 Å². The number of aliphatic hydroxyl groups excluding tert-OH is 1. The molecule has 0 atom stereocenters. The van der Waals surface area contributed by atoms with Gasteiger partial charge in [0.05, 0.1) is 5.69 Å². The highest BCUT2D eigenvalue weighted by atomic mass is 35.5. The second-order valence-corrected chi connectivity index (χ2v) is 4.75. The Hall–Kier alpha value is -1.54. The predicted octanol–water partition coefficient (Wildman–Crippen LogP) is 2.05. The summed E-state index contributed by atoms with van der Waals surface area (Å²) in [5.74, 6) is 4.98. The molecule has 0 aliphatic heterocycles. The lowest BCUT2D eigenvalue weighted by Crippen LogP contribution is -2.39. The van der Waals surface area contributed by atoms with E-state index in [0.29, 0.717) is 16.3 Å². The highest BCUT2D eigenvalue weighted by molar-refractivity contribution is 6.31. The lowest BCUT2D eigenvalue weighted by Gasteiger charge is -2.22. The Morgan fingerprint density at radius 2 is 2.21 bits per heavy atom. The molecule has 102 valence electrons. The van der Waals surface area contributed by atoms with Crippen LogP contribution in [-0.4, -0.2) is 30.3 Å². The van der Waals surface area contributed by atoms with Crippen LogP contribution < -0.4 is 5.32 Å². The Balaban J connectivity index is 3.06. The van der Waals surface area contributed by atoms with E-state index >= 15 is 0 Å². The molecule has 0 bridgehead atoms. The Labute approximate surface area is 117 Å². The summed E-state index contributed by atoms with van der Waals surface area (Å²) in [6.07, 6.45) is 0. The Kier molecular flexibility index (Phi) is 5.37. The maximum atomic E-state index is 12.0. The summed E-state index contributed by atoms with van der Waals surface area (Å²) in [4.78, 5) is 12.0. The minimum absolute atomic E-state index is 0.250. The molecule has 0 saturated heterocycles. The number of halogens is 1. The van der Waals surface area contributed by atoms with Crippen molar-refractivity contribution in [3.05, 3.63) is 28.8 Å².